The number of nitrogens with two attached hydrogens (primary N) is 1. The molecule has 0 bridgehead atoms. The van der Waals surface area contributed by atoms with Gasteiger partial charge in [0.05, 0.1) is 13.2 Å². The zero-order chi connectivity index (χ0) is 15.1. The highest BCUT2D eigenvalue weighted by Crippen LogP contribution is 2.22. The molecule has 0 unspecified atom stereocenters. The summed E-state index contributed by atoms with van der Waals surface area (Å²) >= 11 is 1.51. The summed E-state index contributed by atoms with van der Waals surface area (Å²) < 4.78 is 24.1. The van der Waals surface area contributed by atoms with Crippen LogP contribution in [0.3, 0.4) is 0 Å². The molecule has 2 aromatic rings. The molecule has 2 aromatic carbocycles. The standard InChI is InChI=1S/C16H18FNO2S/c1-2-19-14-3-5-15(6-4-14)20-7-8-21-16-10-12(17)9-13(18)11-16/h3-6,9-11H,2,7-8,18H2,1H3. The molecule has 21 heavy (non-hydrogen) atoms. The van der Waals surface area contributed by atoms with Crippen molar-refractivity contribution >= 4 is 17.4 Å². The summed E-state index contributed by atoms with van der Waals surface area (Å²) in [4.78, 5) is 0.808. The van der Waals surface area contributed by atoms with E-state index in [-0.39, 0.29) is 5.82 Å². The van der Waals surface area contributed by atoms with Gasteiger partial charge in [0.15, 0.2) is 0 Å². The van der Waals surface area contributed by atoms with Crippen LogP contribution in [-0.2, 0) is 0 Å². The van der Waals surface area contributed by atoms with Crippen LogP contribution < -0.4 is 15.2 Å². The minimum atomic E-state index is -0.315. The maximum absolute atomic E-state index is 13.2. The van der Waals surface area contributed by atoms with Gasteiger partial charge in [0.2, 0.25) is 0 Å². The molecule has 0 saturated carbocycles. The molecule has 0 saturated heterocycles. The van der Waals surface area contributed by atoms with Crippen molar-refractivity contribution in [1.29, 1.82) is 0 Å². The number of nitrogen functional groups attached to an aromatic ring is 1. The second-order valence-electron chi connectivity index (χ2n) is 4.32. The third-order valence-electron chi connectivity index (χ3n) is 2.65. The fourth-order valence-corrected chi connectivity index (χ4v) is 2.60. The van der Waals surface area contributed by atoms with E-state index in [0.29, 0.717) is 18.9 Å². The third kappa shape index (κ3) is 5.19. The van der Waals surface area contributed by atoms with E-state index >= 15 is 0 Å². The van der Waals surface area contributed by atoms with Crippen LogP contribution in [0.25, 0.3) is 0 Å². The topological polar surface area (TPSA) is 44.5 Å². The van der Waals surface area contributed by atoms with Crippen LogP contribution in [0.2, 0.25) is 0 Å². The molecule has 0 fully saturated rings. The molecule has 0 amide bonds. The number of ether oxygens (including phenoxy) is 2. The minimum absolute atomic E-state index is 0.315. The lowest BCUT2D eigenvalue weighted by Crippen LogP contribution is -2.00. The third-order valence-corrected chi connectivity index (χ3v) is 3.59. The van der Waals surface area contributed by atoms with Crippen molar-refractivity contribution in [2.24, 2.45) is 0 Å². The number of anilines is 1. The Bertz CT molecular complexity index is 555. The molecule has 0 aromatic heterocycles. The van der Waals surface area contributed by atoms with Crippen LogP contribution in [0.5, 0.6) is 11.5 Å². The van der Waals surface area contributed by atoms with E-state index in [2.05, 4.69) is 0 Å². The second kappa shape index (κ2) is 7.78. The molecule has 0 aliphatic carbocycles. The fraction of sp³-hybridized carbons (Fsp3) is 0.250. The van der Waals surface area contributed by atoms with Crippen LogP contribution >= 0.6 is 11.8 Å². The maximum Gasteiger partial charge on any atom is 0.126 e. The van der Waals surface area contributed by atoms with Crippen LogP contribution in [0.1, 0.15) is 6.92 Å². The molecule has 0 radical (unpaired) electrons. The Hall–Kier alpha value is -1.88. The summed E-state index contributed by atoms with van der Waals surface area (Å²) in [6.45, 7) is 3.13. The Kier molecular flexibility index (Phi) is 5.75. The summed E-state index contributed by atoms with van der Waals surface area (Å²) in [5, 5.41) is 0. The van der Waals surface area contributed by atoms with Crippen molar-refractivity contribution in [1.82, 2.24) is 0 Å². The lowest BCUT2D eigenvalue weighted by atomic mass is 10.3. The molecule has 0 aliphatic rings. The number of halogens is 1. The Morgan fingerprint density at radius 2 is 1.71 bits per heavy atom. The summed E-state index contributed by atoms with van der Waals surface area (Å²) in [5.74, 6) is 2.02. The van der Waals surface area contributed by atoms with Gasteiger partial charge < -0.3 is 15.2 Å². The van der Waals surface area contributed by atoms with E-state index in [0.717, 1.165) is 22.1 Å². The number of rotatable bonds is 7. The van der Waals surface area contributed by atoms with E-state index in [1.165, 1.54) is 23.9 Å². The SMILES string of the molecule is CCOc1ccc(OCCSc2cc(N)cc(F)c2)cc1. The normalized spacial score (nSPS) is 10.4. The molecule has 2 N–H and O–H groups in total. The zero-order valence-electron chi connectivity index (χ0n) is 11.8. The van der Waals surface area contributed by atoms with Crippen molar-refractivity contribution in [2.45, 2.75) is 11.8 Å². The summed E-state index contributed by atoms with van der Waals surface area (Å²) in [5.41, 5.74) is 6.03. The molecule has 0 aliphatic heterocycles. The highest BCUT2D eigenvalue weighted by Gasteiger charge is 2.00. The van der Waals surface area contributed by atoms with Crippen molar-refractivity contribution in [3.8, 4) is 11.5 Å². The van der Waals surface area contributed by atoms with Gasteiger partial charge in [-0.2, -0.15) is 0 Å². The lowest BCUT2D eigenvalue weighted by Gasteiger charge is -2.08. The van der Waals surface area contributed by atoms with Crippen LogP contribution in [-0.4, -0.2) is 19.0 Å². The smallest absolute Gasteiger partial charge is 0.126 e. The van der Waals surface area contributed by atoms with Gasteiger partial charge in [-0.05, 0) is 49.4 Å². The Balaban J connectivity index is 1.76. The van der Waals surface area contributed by atoms with Crippen molar-refractivity contribution < 1.29 is 13.9 Å². The fourth-order valence-electron chi connectivity index (χ4n) is 1.79. The second-order valence-corrected chi connectivity index (χ2v) is 5.49. The molecule has 0 atom stereocenters. The van der Waals surface area contributed by atoms with E-state index in [1.807, 2.05) is 31.2 Å². The first-order valence-electron chi connectivity index (χ1n) is 6.72. The van der Waals surface area contributed by atoms with E-state index in [1.54, 1.807) is 6.07 Å². The molecule has 0 heterocycles. The van der Waals surface area contributed by atoms with Gasteiger partial charge in [-0.3, -0.25) is 0 Å². The predicted octanol–water partition coefficient (Wildman–Crippen LogP) is 3.98. The van der Waals surface area contributed by atoms with Gasteiger partial charge >= 0.3 is 0 Å². The average Bonchev–Trinajstić information content (AvgIpc) is 2.45. The monoisotopic (exact) mass is 307 g/mol. The minimum Gasteiger partial charge on any atom is -0.494 e. The molecular formula is C16H18FNO2S. The van der Waals surface area contributed by atoms with Crippen LogP contribution in [0, 0.1) is 5.82 Å². The zero-order valence-corrected chi connectivity index (χ0v) is 12.7. The Labute approximate surface area is 128 Å². The molecule has 2 rings (SSSR count). The molecule has 3 nitrogen and oxygen atoms in total. The quantitative estimate of drug-likeness (QED) is 0.477. The van der Waals surface area contributed by atoms with Crippen molar-refractivity contribution in [3.05, 3.63) is 48.3 Å². The van der Waals surface area contributed by atoms with Crippen molar-refractivity contribution in [2.75, 3.05) is 24.7 Å². The van der Waals surface area contributed by atoms with Crippen molar-refractivity contribution in [3.63, 3.8) is 0 Å². The summed E-state index contributed by atoms with van der Waals surface area (Å²) in [6, 6.07) is 12.0. The van der Waals surface area contributed by atoms with Gasteiger partial charge in [-0.25, -0.2) is 4.39 Å². The molecule has 0 spiro atoms. The van der Waals surface area contributed by atoms with Gasteiger partial charge in [0.25, 0.3) is 0 Å². The molecule has 5 heteroatoms. The van der Waals surface area contributed by atoms with E-state index < -0.39 is 0 Å². The predicted molar refractivity (Wildman–Crippen MR) is 84.6 cm³/mol. The Morgan fingerprint density at radius 1 is 1.05 bits per heavy atom. The number of hydrogen-bond acceptors (Lipinski definition) is 4. The number of hydrogen-bond donors (Lipinski definition) is 1. The first kappa shape index (κ1) is 15.5. The molecule has 112 valence electrons. The number of thioether (sulfide) groups is 1. The van der Waals surface area contributed by atoms with Gasteiger partial charge in [-0.1, -0.05) is 0 Å². The van der Waals surface area contributed by atoms with Gasteiger partial charge in [0.1, 0.15) is 17.3 Å². The maximum atomic E-state index is 13.2. The number of benzene rings is 2. The average molecular weight is 307 g/mol. The molecular weight excluding hydrogens is 289 g/mol. The summed E-state index contributed by atoms with van der Waals surface area (Å²) in [7, 11) is 0. The largest absolute Gasteiger partial charge is 0.494 e. The van der Waals surface area contributed by atoms with Crippen LogP contribution in [0.4, 0.5) is 10.1 Å². The highest BCUT2D eigenvalue weighted by molar-refractivity contribution is 7.99. The Morgan fingerprint density at radius 3 is 2.33 bits per heavy atom. The highest BCUT2D eigenvalue weighted by atomic mass is 32.2. The van der Waals surface area contributed by atoms with Gasteiger partial charge in [0, 0.05) is 16.3 Å². The van der Waals surface area contributed by atoms with Crippen LogP contribution in [0.15, 0.2) is 47.4 Å². The van der Waals surface area contributed by atoms with E-state index in [4.69, 9.17) is 15.2 Å². The van der Waals surface area contributed by atoms with Gasteiger partial charge in [-0.15, -0.1) is 11.8 Å². The lowest BCUT2D eigenvalue weighted by molar-refractivity contribution is 0.332. The van der Waals surface area contributed by atoms with E-state index in [9.17, 15) is 4.39 Å². The first-order chi connectivity index (χ1) is 10.2. The first-order valence-corrected chi connectivity index (χ1v) is 7.70. The summed E-state index contributed by atoms with van der Waals surface area (Å²) in [6.07, 6.45) is 0.